The van der Waals surface area contributed by atoms with Crippen molar-refractivity contribution in [3.63, 3.8) is 0 Å². The number of aromatic nitrogens is 6. The molecule has 0 spiro atoms. The monoisotopic (exact) mass is 648 g/mol. The Hall–Kier alpha value is -6.80. The summed E-state index contributed by atoms with van der Waals surface area (Å²) in [5, 5.41) is 5.56. The number of hydrogen-bond donors (Lipinski definition) is 0. The van der Waals surface area contributed by atoms with Crippen LogP contribution in [0.25, 0.3) is 88.9 Å². The molecule has 10 aromatic rings. The quantitative estimate of drug-likeness (QED) is 0.173. The van der Waals surface area contributed by atoms with Crippen LogP contribution in [0.4, 0.5) is 0 Å². The fraction of sp³-hybridized carbons (Fsp3) is 0.0476. The van der Waals surface area contributed by atoms with E-state index in [2.05, 4.69) is 87.8 Å². The highest BCUT2D eigenvalue weighted by molar-refractivity contribution is 6.24. The summed E-state index contributed by atoms with van der Waals surface area (Å²) in [6.07, 6.45) is 0. The minimum absolute atomic E-state index is 0.515. The third kappa shape index (κ3) is 4.12. The summed E-state index contributed by atoms with van der Waals surface area (Å²) in [5.74, 6) is 3.14. The van der Waals surface area contributed by atoms with Crippen molar-refractivity contribution >= 4 is 60.2 Å². The largest absolute Gasteiger partial charge is 0.497 e. The fourth-order valence-electron chi connectivity index (χ4n) is 7.24. The van der Waals surface area contributed by atoms with Crippen LogP contribution in [0.5, 0.6) is 11.5 Å². The molecule has 0 N–H and O–H groups in total. The van der Waals surface area contributed by atoms with E-state index in [9.17, 15) is 0 Å². The second-order valence-corrected chi connectivity index (χ2v) is 12.3. The molecule has 0 saturated carbocycles. The van der Waals surface area contributed by atoms with E-state index >= 15 is 0 Å². The van der Waals surface area contributed by atoms with Crippen LogP contribution in [0.1, 0.15) is 0 Å². The first-order valence-corrected chi connectivity index (χ1v) is 16.4. The maximum absolute atomic E-state index is 5.45. The lowest BCUT2D eigenvalue weighted by Gasteiger charge is -2.14. The Labute approximate surface area is 285 Å². The highest BCUT2D eigenvalue weighted by Crippen LogP contribution is 2.41. The minimum atomic E-state index is 0.515. The van der Waals surface area contributed by atoms with E-state index in [0.29, 0.717) is 17.6 Å². The number of fused-ring (bicyclic) bond motifs is 12. The molecule has 0 fully saturated rings. The molecule has 8 heteroatoms. The number of rotatable bonds is 5. The van der Waals surface area contributed by atoms with Crippen molar-refractivity contribution < 1.29 is 9.47 Å². The van der Waals surface area contributed by atoms with Gasteiger partial charge in [-0.05, 0) is 72.1 Å². The van der Waals surface area contributed by atoms with Crippen molar-refractivity contribution in [3.05, 3.63) is 133 Å². The first-order valence-electron chi connectivity index (χ1n) is 16.4. The third-order valence-corrected chi connectivity index (χ3v) is 9.57. The lowest BCUT2D eigenvalue weighted by molar-refractivity contribution is 0.415. The molecule has 4 heterocycles. The summed E-state index contributed by atoms with van der Waals surface area (Å²) in [6, 6.07) is 45.3. The standard InChI is InChI=1S/C42H28N6O2/c1-49-27-19-15-25(16-20-27)39-44-40(26-17-21-28(50-2)22-18-26)46-42(45-39)48-35-13-7-5-10-30(35)32-24-23-31-29-9-3-4-11-33(29)41-43-34-12-6-8-14-36(34)47(41)37(31)38(32)48/h3-24H,1-2H3. The third-order valence-electron chi connectivity index (χ3n) is 9.57. The van der Waals surface area contributed by atoms with Crippen LogP contribution in [0.3, 0.4) is 0 Å². The summed E-state index contributed by atoms with van der Waals surface area (Å²) >= 11 is 0. The van der Waals surface area contributed by atoms with Crippen LogP contribution in [-0.4, -0.2) is 43.1 Å². The molecular formula is C42H28N6O2. The summed E-state index contributed by atoms with van der Waals surface area (Å²) in [4.78, 5) is 20.6. The predicted molar refractivity (Wildman–Crippen MR) is 199 cm³/mol. The van der Waals surface area contributed by atoms with Crippen molar-refractivity contribution in [2.24, 2.45) is 0 Å². The Balaban J connectivity index is 1.39. The Morgan fingerprint density at radius 2 is 0.980 bits per heavy atom. The van der Waals surface area contributed by atoms with Gasteiger partial charge in [-0.25, -0.2) is 9.97 Å². The van der Waals surface area contributed by atoms with Crippen LogP contribution >= 0.6 is 0 Å². The van der Waals surface area contributed by atoms with Crippen LogP contribution < -0.4 is 9.47 Å². The maximum atomic E-state index is 5.45. The van der Waals surface area contributed by atoms with E-state index < -0.39 is 0 Å². The number of methoxy groups -OCH3 is 2. The average Bonchev–Trinajstić information content (AvgIpc) is 3.74. The van der Waals surface area contributed by atoms with Crippen LogP contribution in [0, 0.1) is 0 Å². The number of para-hydroxylation sites is 3. The smallest absolute Gasteiger partial charge is 0.238 e. The molecular weight excluding hydrogens is 621 g/mol. The summed E-state index contributed by atoms with van der Waals surface area (Å²) < 4.78 is 15.4. The van der Waals surface area contributed by atoms with E-state index in [1.165, 1.54) is 0 Å². The van der Waals surface area contributed by atoms with E-state index in [0.717, 1.165) is 82.8 Å². The number of nitrogens with zero attached hydrogens (tertiary/aromatic N) is 6. The highest BCUT2D eigenvalue weighted by Gasteiger charge is 2.23. The SMILES string of the molecule is COc1ccc(-c2nc(-c3ccc(OC)cc3)nc(-n3c4ccccc4c4ccc5c6ccccc6c6nc7ccccc7n6c5c43)n2)cc1. The topological polar surface area (TPSA) is 79.4 Å². The van der Waals surface area contributed by atoms with Gasteiger partial charge in [0.15, 0.2) is 11.6 Å². The minimum Gasteiger partial charge on any atom is -0.497 e. The summed E-state index contributed by atoms with van der Waals surface area (Å²) in [7, 11) is 3.32. The Morgan fingerprint density at radius 3 is 1.62 bits per heavy atom. The van der Waals surface area contributed by atoms with E-state index in [4.69, 9.17) is 29.4 Å². The molecule has 0 aliphatic carbocycles. The molecule has 8 nitrogen and oxygen atoms in total. The number of ether oxygens (including phenoxy) is 2. The van der Waals surface area contributed by atoms with Gasteiger partial charge in [0, 0.05) is 32.7 Å². The molecule has 0 unspecified atom stereocenters. The van der Waals surface area contributed by atoms with Crippen LogP contribution in [0.2, 0.25) is 0 Å². The first kappa shape index (κ1) is 28.2. The maximum Gasteiger partial charge on any atom is 0.238 e. The number of hydrogen-bond acceptors (Lipinski definition) is 6. The number of pyridine rings is 1. The first-order chi connectivity index (χ1) is 24.7. The van der Waals surface area contributed by atoms with Gasteiger partial charge >= 0.3 is 0 Å². The molecule has 0 aliphatic heterocycles. The van der Waals surface area contributed by atoms with Gasteiger partial charge in [-0.3, -0.25) is 8.97 Å². The molecule has 0 saturated heterocycles. The molecule has 0 amide bonds. The molecule has 0 bridgehead atoms. The zero-order chi connectivity index (χ0) is 33.3. The molecule has 0 aliphatic rings. The number of benzene rings is 6. The Morgan fingerprint density at radius 1 is 0.440 bits per heavy atom. The zero-order valence-electron chi connectivity index (χ0n) is 27.2. The number of imidazole rings is 1. The molecule has 6 aromatic carbocycles. The average molecular weight is 649 g/mol. The van der Waals surface area contributed by atoms with E-state index in [-0.39, 0.29) is 0 Å². The van der Waals surface area contributed by atoms with E-state index in [1.54, 1.807) is 14.2 Å². The van der Waals surface area contributed by atoms with Gasteiger partial charge in [-0.15, -0.1) is 0 Å². The molecule has 0 atom stereocenters. The fourth-order valence-corrected chi connectivity index (χ4v) is 7.24. The van der Waals surface area contributed by atoms with Gasteiger partial charge < -0.3 is 9.47 Å². The van der Waals surface area contributed by atoms with Gasteiger partial charge in [-0.1, -0.05) is 66.7 Å². The van der Waals surface area contributed by atoms with Gasteiger partial charge in [0.05, 0.1) is 41.8 Å². The molecule has 238 valence electrons. The van der Waals surface area contributed by atoms with Crippen molar-refractivity contribution in [2.45, 2.75) is 0 Å². The molecule has 4 aromatic heterocycles. The summed E-state index contributed by atoms with van der Waals surface area (Å²) in [6.45, 7) is 0. The van der Waals surface area contributed by atoms with Crippen molar-refractivity contribution in [2.75, 3.05) is 14.2 Å². The van der Waals surface area contributed by atoms with Gasteiger partial charge in [-0.2, -0.15) is 9.97 Å². The van der Waals surface area contributed by atoms with Crippen LogP contribution in [-0.2, 0) is 0 Å². The van der Waals surface area contributed by atoms with Gasteiger partial charge in [0.1, 0.15) is 17.1 Å². The van der Waals surface area contributed by atoms with Crippen molar-refractivity contribution in [3.8, 4) is 40.2 Å². The van der Waals surface area contributed by atoms with E-state index in [1.807, 2.05) is 54.6 Å². The lowest BCUT2D eigenvalue weighted by atomic mass is 10.0. The normalized spacial score (nSPS) is 11.8. The van der Waals surface area contributed by atoms with Crippen molar-refractivity contribution in [1.29, 1.82) is 0 Å². The summed E-state index contributed by atoms with van der Waals surface area (Å²) in [5.41, 5.74) is 7.62. The zero-order valence-corrected chi connectivity index (χ0v) is 27.2. The Bertz CT molecular complexity index is 2880. The molecule has 10 rings (SSSR count). The molecule has 0 radical (unpaired) electrons. The lowest BCUT2D eigenvalue weighted by Crippen LogP contribution is -2.07. The van der Waals surface area contributed by atoms with Gasteiger partial charge in [0.2, 0.25) is 5.95 Å². The second-order valence-electron chi connectivity index (χ2n) is 12.3. The second kappa shape index (κ2) is 10.9. The highest BCUT2D eigenvalue weighted by atomic mass is 16.5. The molecule has 50 heavy (non-hydrogen) atoms. The van der Waals surface area contributed by atoms with Gasteiger partial charge in [0.25, 0.3) is 0 Å². The Kier molecular flexibility index (Phi) is 6.13. The van der Waals surface area contributed by atoms with Crippen molar-refractivity contribution in [1.82, 2.24) is 28.9 Å². The van der Waals surface area contributed by atoms with Crippen LogP contribution in [0.15, 0.2) is 133 Å². The predicted octanol–water partition coefficient (Wildman–Crippen LogP) is 9.43.